The van der Waals surface area contributed by atoms with Crippen LogP contribution >= 0.6 is 11.3 Å². The number of aromatic nitrogens is 1. The molecule has 7 nitrogen and oxygen atoms in total. The van der Waals surface area contributed by atoms with Crippen molar-refractivity contribution in [2.24, 2.45) is 0 Å². The molecule has 2 aliphatic heterocycles. The van der Waals surface area contributed by atoms with Crippen molar-refractivity contribution in [1.29, 1.82) is 0 Å². The van der Waals surface area contributed by atoms with E-state index in [2.05, 4.69) is 15.6 Å². The number of hydrogen-bond acceptors (Lipinski definition) is 6. The summed E-state index contributed by atoms with van der Waals surface area (Å²) in [5.41, 5.74) is 1.65. The minimum Gasteiger partial charge on any atom is -0.391 e. The van der Waals surface area contributed by atoms with E-state index in [1.807, 2.05) is 5.38 Å². The van der Waals surface area contributed by atoms with Gasteiger partial charge in [0.1, 0.15) is 22.9 Å². The molecular formula is C19H21FN4O3S. The van der Waals surface area contributed by atoms with Gasteiger partial charge in [-0.3, -0.25) is 9.59 Å². The fourth-order valence-electron chi connectivity index (χ4n) is 3.67. The number of nitrogens with zero attached hydrogens (tertiary/aromatic N) is 2. The number of halogens is 1. The molecular weight excluding hydrogens is 383 g/mol. The van der Waals surface area contributed by atoms with E-state index in [0.29, 0.717) is 19.5 Å². The lowest BCUT2D eigenvalue weighted by atomic mass is 10.0. The van der Waals surface area contributed by atoms with Gasteiger partial charge in [-0.2, -0.15) is 0 Å². The SMILES string of the molecule is C[C@@H](O)[C@@H]1NC(=O)[C@@H]2C[C@H](NCc3nc(-c4ccc(F)cc4)cs3)CN2C1=O. The van der Waals surface area contributed by atoms with Crippen LogP contribution < -0.4 is 10.6 Å². The van der Waals surface area contributed by atoms with E-state index >= 15 is 0 Å². The van der Waals surface area contributed by atoms with E-state index in [4.69, 9.17) is 0 Å². The number of amides is 2. The number of thiazole rings is 1. The number of benzene rings is 1. The molecule has 4 rings (SSSR count). The van der Waals surface area contributed by atoms with Crippen LogP contribution in [0, 0.1) is 5.82 Å². The predicted octanol–water partition coefficient (Wildman–Crippen LogP) is 0.887. The van der Waals surface area contributed by atoms with E-state index in [9.17, 15) is 19.1 Å². The van der Waals surface area contributed by atoms with Gasteiger partial charge in [-0.25, -0.2) is 9.37 Å². The summed E-state index contributed by atoms with van der Waals surface area (Å²) in [6, 6.07) is 4.81. The normalized spacial score (nSPS) is 25.5. The zero-order valence-corrected chi connectivity index (χ0v) is 16.1. The van der Waals surface area contributed by atoms with E-state index in [-0.39, 0.29) is 23.7 Å². The van der Waals surface area contributed by atoms with Crippen molar-refractivity contribution in [1.82, 2.24) is 20.5 Å². The third-order valence-corrected chi connectivity index (χ3v) is 6.02. The standard InChI is InChI=1S/C19H21FN4O3S/c1-10(25)17-19(27)24-8-13(6-15(24)18(26)23-17)21-7-16-22-14(9-28-16)11-2-4-12(20)5-3-11/h2-5,9-10,13,15,17,21,25H,6-8H2,1H3,(H,23,26)/t10-,13+,15+,17+/m1/s1. The number of carbonyl (C=O) groups is 2. The quantitative estimate of drug-likeness (QED) is 0.688. The third kappa shape index (κ3) is 3.65. The first-order chi connectivity index (χ1) is 13.4. The first-order valence-corrected chi connectivity index (χ1v) is 10.0. The fourth-order valence-corrected chi connectivity index (χ4v) is 4.42. The van der Waals surface area contributed by atoms with Gasteiger partial charge in [-0.15, -0.1) is 11.3 Å². The fraction of sp³-hybridized carbons (Fsp3) is 0.421. The molecule has 0 spiro atoms. The Morgan fingerprint density at radius 1 is 1.39 bits per heavy atom. The summed E-state index contributed by atoms with van der Waals surface area (Å²) in [5.74, 6) is -0.741. The van der Waals surface area contributed by atoms with Crippen LogP contribution in [-0.4, -0.2) is 57.6 Å². The first-order valence-electron chi connectivity index (χ1n) is 9.15. The maximum absolute atomic E-state index is 13.1. The van der Waals surface area contributed by atoms with Crippen LogP contribution in [0.3, 0.4) is 0 Å². The Labute approximate surface area is 165 Å². The Balaban J connectivity index is 1.37. The summed E-state index contributed by atoms with van der Waals surface area (Å²) in [6.07, 6.45) is -0.398. The highest BCUT2D eigenvalue weighted by Crippen LogP contribution is 2.25. The molecule has 3 heterocycles. The molecule has 2 fully saturated rings. The highest BCUT2D eigenvalue weighted by atomic mass is 32.1. The zero-order chi connectivity index (χ0) is 19.8. The number of carbonyl (C=O) groups excluding carboxylic acids is 2. The number of rotatable bonds is 5. The van der Waals surface area contributed by atoms with Gasteiger partial charge < -0.3 is 20.6 Å². The number of aliphatic hydroxyl groups excluding tert-OH is 1. The van der Waals surface area contributed by atoms with Crippen molar-refractivity contribution in [3.63, 3.8) is 0 Å². The molecule has 1 aromatic heterocycles. The predicted molar refractivity (Wildman–Crippen MR) is 102 cm³/mol. The molecule has 2 aliphatic rings. The van der Waals surface area contributed by atoms with Crippen LogP contribution in [0.4, 0.5) is 4.39 Å². The summed E-state index contributed by atoms with van der Waals surface area (Å²) in [4.78, 5) is 30.9. The lowest BCUT2D eigenvalue weighted by Crippen LogP contribution is -2.64. The van der Waals surface area contributed by atoms with E-state index < -0.39 is 18.2 Å². The van der Waals surface area contributed by atoms with Crippen LogP contribution in [0.15, 0.2) is 29.6 Å². The highest BCUT2D eigenvalue weighted by molar-refractivity contribution is 7.09. The molecule has 2 saturated heterocycles. The summed E-state index contributed by atoms with van der Waals surface area (Å²) < 4.78 is 13.1. The van der Waals surface area contributed by atoms with Crippen LogP contribution in [0.5, 0.6) is 0 Å². The molecule has 2 aromatic rings. The molecule has 0 saturated carbocycles. The first kappa shape index (κ1) is 19.0. The molecule has 0 radical (unpaired) electrons. The molecule has 28 heavy (non-hydrogen) atoms. The Morgan fingerprint density at radius 2 is 2.14 bits per heavy atom. The molecule has 0 aliphatic carbocycles. The zero-order valence-electron chi connectivity index (χ0n) is 15.3. The molecule has 0 unspecified atom stereocenters. The second kappa shape index (κ2) is 7.57. The maximum atomic E-state index is 13.1. The Bertz CT molecular complexity index is 886. The monoisotopic (exact) mass is 404 g/mol. The van der Waals surface area contributed by atoms with Gasteiger partial charge >= 0.3 is 0 Å². The second-order valence-corrected chi connectivity index (χ2v) is 8.12. The minimum absolute atomic E-state index is 0.0226. The van der Waals surface area contributed by atoms with Crippen molar-refractivity contribution in [2.45, 2.75) is 44.1 Å². The Hall–Kier alpha value is -2.36. The summed E-state index contributed by atoms with van der Waals surface area (Å²) in [6.45, 7) is 2.44. The van der Waals surface area contributed by atoms with Crippen molar-refractivity contribution >= 4 is 23.2 Å². The molecule has 9 heteroatoms. The summed E-state index contributed by atoms with van der Waals surface area (Å²) in [5, 5.41) is 18.5. The summed E-state index contributed by atoms with van der Waals surface area (Å²) >= 11 is 1.50. The van der Waals surface area contributed by atoms with Crippen LogP contribution in [0.25, 0.3) is 11.3 Å². The van der Waals surface area contributed by atoms with E-state index in [0.717, 1.165) is 16.3 Å². The van der Waals surface area contributed by atoms with Gasteiger partial charge in [0, 0.05) is 30.1 Å². The van der Waals surface area contributed by atoms with Crippen molar-refractivity contribution in [2.75, 3.05) is 6.54 Å². The second-order valence-electron chi connectivity index (χ2n) is 7.18. The topological polar surface area (TPSA) is 94.6 Å². The minimum atomic E-state index is -0.926. The smallest absolute Gasteiger partial charge is 0.248 e. The molecule has 2 amide bonds. The van der Waals surface area contributed by atoms with E-state index in [1.165, 1.54) is 30.4 Å². The Morgan fingerprint density at radius 3 is 2.86 bits per heavy atom. The molecule has 1 aromatic carbocycles. The number of nitrogens with one attached hydrogen (secondary N) is 2. The molecule has 4 atom stereocenters. The molecule has 0 bridgehead atoms. The van der Waals surface area contributed by atoms with Crippen LogP contribution in [-0.2, 0) is 16.1 Å². The molecule has 3 N–H and O–H groups in total. The lowest BCUT2D eigenvalue weighted by Gasteiger charge is -2.35. The largest absolute Gasteiger partial charge is 0.391 e. The average Bonchev–Trinajstić information content (AvgIpc) is 3.31. The van der Waals surface area contributed by atoms with E-state index in [1.54, 1.807) is 17.0 Å². The number of aliphatic hydroxyl groups is 1. The van der Waals surface area contributed by atoms with Gasteiger partial charge in [0.05, 0.1) is 11.8 Å². The lowest BCUT2D eigenvalue weighted by molar-refractivity contribution is -0.149. The summed E-state index contributed by atoms with van der Waals surface area (Å²) in [7, 11) is 0. The van der Waals surface area contributed by atoms with Gasteiger partial charge in [0.2, 0.25) is 11.8 Å². The number of hydrogen-bond donors (Lipinski definition) is 3. The number of piperazine rings is 1. The van der Waals surface area contributed by atoms with Crippen LogP contribution in [0.2, 0.25) is 0 Å². The van der Waals surface area contributed by atoms with Gasteiger partial charge in [0.15, 0.2) is 0 Å². The average molecular weight is 404 g/mol. The Kier molecular flexibility index (Phi) is 5.13. The van der Waals surface area contributed by atoms with Crippen molar-refractivity contribution in [3.05, 3.63) is 40.5 Å². The van der Waals surface area contributed by atoms with Gasteiger partial charge in [-0.05, 0) is 37.6 Å². The highest BCUT2D eigenvalue weighted by Gasteiger charge is 2.47. The van der Waals surface area contributed by atoms with Crippen LogP contribution in [0.1, 0.15) is 18.4 Å². The van der Waals surface area contributed by atoms with Gasteiger partial charge in [0.25, 0.3) is 0 Å². The third-order valence-electron chi connectivity index (χ3n) is 5.17. The molecule has 148 valence electrons. The van der Waals surface area contributed by atoms with Crippen molar-refractivity contribution < 1.29 is 19.1 Å². The number of fused-ring (bicyclic) bond motifs is 1. The van der Waals surface area contributed by atoms with Gasteiger partial charge in [-0.1, -0.05) is 0 Å². The van der Waals surface area contributed by atoms with Crippen molar-refractivity contribution in [3.8, 4) is 11.3 Å². The maximum Gasteiger partial charge on any atom is 0.248 e.